The van der Waals surface area contributed by atoms with E-state index in [9.17, 15) is 4.79 Å². The number of hydrogen-bond donors (Lipinski definition) is 1. The highest BCUT2D eigenvalue weighted by Crippen LogP contribution is 2.06. The van der Waals surface area contributed by atoms with Gasteiger partial charge in [0.05, 0.1) is 19.3 Å². The van der Waals surface area contributed by atoms with E-state index < -0.39 is 0 Å². The molecule has 5 heteroatoms. The summed E-state index contributed by atoms with van der Waals surface area (Å²) >= 11 is 0. The lowest BCUT2D eigenvalue weighted by Crippen LogP contribution is -2.44. The monoisotopic (exact) mass is 246 g/mol. The molecule has 0 aromatic heterocycles. The molecular formula is C12H26N2O3. The third-order valence-corrected chi connectivity index (χ3v) is 2.76. The highest BCUT2D eigenvalue weighted by atomic mass is 16.5. The van der Waals surface area contributed by atoms with Crippen molar-refractivity contribution in [2.75, 3.05) is 34.0 Å². The molecule has 2 atom stereocenters. The fraction of sp³-hybridized carbons (Fsp3) is 0.917. The quantitative estimate of drug-likeness (QED) is 0.648. The van der Waals surface area contributed by atoms with Crippen molar-refractivity contribution in [3.05, 3.63) is 0 Å². The molecule has 0 aliphatic carbocycles. The van der Waals surface area contributed by atoms with Crippen LogP contribution in [0.2, 0.25) is 0 Å². The molecule has 0 spiro atoms. The first kappa shape index (κ1) is 16.4. The average Bonchev–Trinajstić information content (AvgIpc) is 2.29. The summed E-state index contributed by atoms with van der Waals surface area (Å²) in [6.45, 7) is 5.58. The second-order valence-corrected chi connectivity index (χ2v) is 4.26. The van der Waals surface area contributed by atoms with Crippen molar-refractivity contribution in [1.29, 1.82) is 0 Å². The summed E-state index contributed by atoms with van der Waals surface area (Å²) < 4.78 is 10.1. The molecule has 0 rings (SSSR count). The first-order chi connectivity index (χ1) is 8.06. The van der Waals surface area contributed by atoms with E-state index in [-0.39, 0.29) is 18.0 Å². The Kier molecular flexibility index (Phi) is 9.03. The minimum atomic E-state index is -0.0673. The van der Waals surface area contributed by atoms with E-state index in [2.05, 4.69) is 0 Å². The Morgan fingerprint density at radius 2 is 2.00 bits per heavy atom. The molecule has 0 bridgehead atoms. The third-order valence-electron chi connectivity index (χ3n) is 2.76. The van der Waals surface area contributed by atoms with Gasteiger partial charge in [-0.3, -0.25) is 4.79 Å². The van der Waals surface area contributed by atoms with Gasteiger partial charge in [-0.05, 0) is 13.3 Å². The molecule has 0 radical (unpaired) electrons. The molecule has 0 fully saturated rings. The number of ether oxygens (including phenoxy) is 2. The summed E-state index contributed by atoms with van der Waals surface area (Å²) in [7, 11) is 3.26. The first-order valence-electron chi connectivity index (χ1n) is 6.09. The van der Waals surface area contributed by atoms with Crippen LogP contribution in [0.25, 0.3) is 0 Å². The van der Waals surface area contributed by atoms with E-state index in [1.807, 2.05) is 13.8 Å². The van der Waals surface area contributed by atoms with Crippen molar-refractivity contribution in [1.82, 2.24) is 4.90 Å². The maximum Gasteiger partial charge on any atom is 0.224 e. The van der Waals surface area contributed by atoms with Crippen molar-refractivity contribution in [2.24, 2.45) is 5.73 Å². The summed E-state index contributed by atoms with van der Waals surface area (Å²) in [5, 5.41) is 0. The lowest BCUT2D eigenvalue weighted by molar-refractivity contribution is -0.135. The van der Waals surface area contributed by atoms with E-state index >= 15 is 0 Å². The van der Waals surface area contributed by atoms with Crippen molar-refractivity contribution in [2.45, 2.75) is 38.8 Å². The number of rotatable bonds is 9. The molecule has 1 amide bonds. The molecule has 2 N–H and O–H groups in total. The van der Waals surface area contributed by atoms with Crippen molar-refractivity contribution < 1.29 is 14.3 Å². The van der Waals surface area contributed by atoms with Crippen LogP contribution in [0.15, 0.2) is 0 Å². The van der Waals surface area contributed by atoms with E-state index in [4.69, 9.17) is 15.2 Å². The maximum atomic E-state index is 12.1. The van der Waals surface area contributed by atoms with Crippen LogP contribution < -0.4 is 5.73 Å². The van der Waals surface area contributed by atoms with Crippen molar-refractivity contribution in [3.8, 4) is 0 Å². The molecule has 0 aliphatic heterocycles. The second kappa shape index (κ2) is 9.39. The topological polar surface area (TPSA) is 64.8 Å². The standard InChI is InChI=1S/C12H26N2O3/c1-5-11(13)8-12(15)14(6-7-16-3)10(2)9-17-4/h10-11H,5-9,13H2,1-4H3. The number of carbonyl (C=O) groups is 1. The third kappa shape index (κ3) is 6.61. The number of nitrogens with two attached hydrogens (primary N) is 1. The van der Waals surface area contributed by atoms with Crippen LogP contribution in [0.4, 0.5) is 0 Å². The molecule has 0 aromatic carbocycles. The zero-order valence-electron chi connectivity index (χ0n) is 11.4. The number of hydrogen-bond acceptors (Lipinski definition) is 4. The van der Waals surface area contributed by atoms with Gasteiger partial charge in [0.1, 0.15) is 0 Å². The Morgan fingerprint density at radius 3 is 2.47 bits per heavy atom. The van der Waals surface area contributed by atoms with E-state index in [1.54, 1.807) is 19.1 Å². The zero-order valence-corrected chi connectivity index (χ0v) is 11.4. The van der Waals surface area contributed by atoms with Gasteiger partial charge in [0, 0.05) is 33.2 Å². The summed E-state index contributed by atoms with van der Waals surface area (Å²) in [4.78, 5) is 13.8. The molecule has 2 unspecified atom stereocenters. The van der Waals surface area contributed by atoms with Crippen LogP contribution in [-0.4, -0.2) is 56.9 Å². The van der Waals surface area contributed by atoms with Crippen LogP contribution in [0.1, 0.15) is 26.7 Å². The lowest BCUT2D eigenvalue weighted by Gasteiger charge is -2.29. The summed E-state index contributed by atoms with van der Waals surface area (Å²) in [5.41, 5.74) is 5.80. The van der Waals surface area contributed by atoms with Gasteiger partial charge < -0.3 is 20.1 Å². The number of carbonyl (C=O) groups excluding carboxylic acids is 1. The van der Waals surface area contributed by atoms with Gasteiger partial charge in [-0.2, -0.15) is 0 Å². The van der Waals surface area contributed by atoms with Crippen LogP contribution in [-0.2, 0) is 14.3 Å². The largest absolute Gasteiger partial charge is 0.383 e. The minimum absolute atomic E-state index is 0.0479. The SMILES string of the molecule is CCC(N)CC(=O)N(CCOC)C(C)COC. The normalized spacial score (nSPS) is 14.4. The summed E-state index contributed by atoms with van der Waals surface area (Å²) in [6.07, 6.45) is 1.19. The molecular weight excluding hydrogens is 220 g/mol. The predicted octanol–water partition coefficient (Wildman–Crippen LogP) is 0.624. The van der Waals surface area contributed by atoms with E-state index in [0.29, 0.717) is 26.2 Å². The molecule has 0 aliphatic rings. The van der Waals surface area contributed by atoms with Crippen LogP contribution >= 0.6 is 0 Å². The van der Waals surface area contributed by atoms with Gasteiger partial charge in [0.25, 0.3) is 0 Å². The van der Waals surface area contributed by atoms with E-state index in [0.717, 1.165) is 6.42 Å². The highest BCUT2D eigenvalue weighted by molar-refractivity contribution is 5.77. The summed E-state index contributed by atoms with van der Waals surface area (Å²) in [6, 6.07) is -0.0194. The van der Waals surface area contributed by atoms with Gasteiger partial charge in [0.2, 0.25) is 5.91 Å². The Labute approximate surface area is 104 Å². The van der Waals surface area contributed by atoms with Crippen molar-refractivity contribution >= 4 is 5.91 Å². The molecule has 0 saturated carbocycles. The van der Waals surface area contributed by atoms with Crippen LogP contribution in [0, 0.1) is 0 Å². The highest BCUT2D eigenvalue weighted by Gasteiger charge is 2.21. The Hall–Kier alpha value is -0.650. The number of methoxy groups -OCH3 is 2. The summed E-state index contributed by atoms with van der Waals surface area (Å²) in [5.74, 6) is 0.0703. The lowest BCUT2D eigenvalue weighted by atomic mass is 10.1. The zero-order chi connectivity index (χ0) is 13.3. The van der Waals surface area contributed by atoms with Gasteiger partial charge in [-0.1, -0.05) is 6.92 Å². The molecule has 0 aromatic rings. The predicted molar refractivity (Wildman–Crippen MR) is 67.8 cm³/mol. The number of amides is 1. The Morgan fingerprint density at radius 1 is 1.35 bits per heavy atom. The number of nitrogens with zero attached hydrogens (tertiary/aromatic N) is 1. The maximum absolute atomic E-state index is 12.1. The van der Waals surface area contributed by atoms with Crippen molar-refractivity contribution in [3.63, 3.8) is 0 Å². The van der Waals surface area contributed by atoms with Crippen LogP contribution in [0.5, 0.6) is 0 Å². The average molecular weight is 246 g/mol. The molecule has 17 heavy (non-hydrogen) atoms. The fourth-order valence-corrected chi connectivity index (χ4v) is 1.60. The van der Waals surface area contributed by atoms with Gasteiger partial charge in [-0.25, -0.2) is 0 Å². The van der Waals surface area contributed by atoms with Gasteiger partial charge in [0.15, 0.2) is 0 Å². The van der Waals surface area contributed by atoms with E-state index in [1.165, 1.54) is 0 Å². The molecule has 0 heterocycles. The molecule has 0 saturated heterocycles. The molecule has 5 nitrogen and oxygen atoms in total. The van der Waals surface area contributed by atoms with Gasteiger partial charge in [-0.15, -0.1) is 0 Å². The second-order valence-electron chi connectivity index (χ2n) is 4.26. The Balaban J connectivity index is 4.38. The first-order valence-corrected chi connectivity index (χ1v) is 6.09. The Bertz CT molecular complexity index is 212. The van der Waals surface area contributed by atoms with Gasteiger partial charge >= 0.3 is 0 Å². The fourth-order valence-electron chi connectivity index (χ4n) is 1.60. The minimum Gasteiger partial charge on any atom is -0.383 e. The smallest absolute Gasteiger partial charge is 0.224 e. The molecule has 102 valence electrons. The van der Waals surface area contributed by atoms with Crippen LogP contribution in [0.3, 0.4) is 0 Å².